The molecule has 0 radical (unpaired) electrons. The van der Waals surface area contributed by atoms with E-state index in [-0.39, 0.29) is 11.4 Å². The predicted octanol–water partition coefficient (Wildman–Crippen LogP) is 5.28. The summed E-state index contributed by atoms with van der Waals surface area (Å²) in [5.74, 6) is 0.770. The lowest BCUT2D eigenvalue weighted by Crippen LogP contribution is -2.24. The number of anilines is 2. The maximum Gasteiger partial charge on any atom is 0.297 e. The molecule has 9 heteroatoms. The predicted molar refractivity (Wildman–Crippen MR) is 111 cm³/mol. The third-order valence-electron chi connectivity index (χ3n) is 3.49. The van der Waals surface area contributed by atoms with Crippen molar-refractivity contribution in [1.82, 2.24) is 14.8 Å². The van der Waals surface area contributed by atoms with Crippen LogP contribution in [-0.2, 0) is 12.8 Å². The lowest BCUT2D eigenvalue weighted by Gasteiger charge is -2.10. The van der Waals surface area contributed by atoms with E-state index in [2.05, 4.69) is 31.4 Å². The minimum absolute atomic E-state index is 0.0876. The molecule has 5 nitrogen and oxygen atoms in total. The van der Waals surface area contributed by atoms with E-state index < -0.39 is 0 Å². The van der Waals surface area contributed by atoms with Crippen LogP contribution in [0.25, 0.3) is 0 Å². The minimum Gasteiger partial charge on any atom is -0.333 e. The lowest BCUT2D eigenvalue weighted by atomic mass is 10.2. The molecule has 0 saturated carbocycles. The van der Waals surface area contributed by atoms with E-state index in [4.69, 9.17) is 23.2 Å². The first-order valence-electron chi connectivity index (χ1n) is 7.47. The largest absolute Gasteiger partial charge is 0.333 e. The summed E-state index contributed by atoms with van der Waals surface area (Å²) in [7, 11) is 1.66. The van der Waals surface area contributed by atoms with E-state index in [9.17, 15) is 4.79 Å². The highest BCUT2D eigenvalue weighted by Gasteiger charge is 2.12. The van der Waals surface area contributed by atoms with Gasteiger partial charge >= 0.3 is 0 Å². The van der Waals surface area contributed by atoms with E-state index in [1.807, 2.05) is 24.3 Å². The molecule has 134 valence electrons. The van der Waals surface area contributed by atoms with Gasteiger partial charge in [-0.05, 0) is 35.9 Å². The fourth-order valence-electron chi connectivity index (χ4n) is 2.10. The van der Waals surface area contributed by atoms with E-state index in [1.54, 1.807) is 25.2 Å². The second-order valence-corrected chi connectivity index (χ2v) is 8.06. The molecule has 1 N–H and O–H groups in total. The van der Waals surface area contributed by atoms with Crippen molar-refractivity contribution in [2.24, 2.45) is 7.05 Å². The van der Waals surface area contributed by atoms with Crippen LogP contribution in [0.5, 0.6) is 0 Å². The smallest absolute Gasteiger partial charge is 0.297 e. The lowest BCUT2D eigenvalue weighted by molar-refractivity contribution is 0.666. The van der Waals surface area contributed by atoms with Crippen LogP contribution < -0.4 is 10.9 Å². The Morgan fingerprint density at radius 1 is 1.15 bits per heavy atom. The topological polar surface area (TPSA) is 59.8 Å². The average molecular weight is 472 g/mol. The number of hydrogen-bond donors (Lipinski definition) is 1. The summed E-state index contributed by atoms with van der Waals surface area (Å²) in [5.41, 5.74) is 1.33. The van der Waals surface area contributed by atoms with Crippen LogP contribution in [0.1, 0.15) is 5.56 Å². The maximum absolute atomic E-state index is 12.5. The number of benzene rings is 2. The number of nitrogens with one attached hydrogen (secondary N) is 1. The fraction of sp³-hybridized carbons (Fsp3) is 0.118. The Labute approximate surface area is 172 Å². The van der Waals surface area contributed by atoms with Crippen molar-refractivity contribution in [3.05, 3.63) is 72.9 Å². The van der Waals surface area contributed by atoms with Crippen LogP contribution in [-0.4, -0.2) is 14.8 Å². The van der Waals surface area contributed by atoms with E-state index >= 15 is 0 Å². The van der Waals surface area contributed by atoms with Gasteiger partial charge in [0.15, 0.2) is 5.16 Å². The van der Waals surface area contributed by atoms with Crippen molar-refractivity contribution < 1.29 is 0 Å². The quantitative estimate of drug-likeness (QED) is 0.513. The Morgan fingerprint density at radius 2 is 1.88 bits per heavy atom. The van der Waals surface area contributed by atoms with Crippen molar-refractivity contribution in [2.45, 2.75) is 10.9 Å². The zero-order valence-corrected chi connectivity index (χ0v) is 17.5. The third kappa shape index (κ3) is 4.59. The van der Waals surface area contributed by atoms with Gasteiger partial charge in [0.1, 0.15) is 0 Å². The standard InChI is InChI=1S/C17H13BrCl2N4OS/c1-24-16(25)15(21-14-8-12(19)6-7-13(14)20)22-23-17(24)26-9-10-2-4-11(18)5-3-10/h2-8H,9H2,1H3,(H,21,22). The highest BCUT2D eigenvalue weighted by molar-refractivity contribution is 9.10. The van der Waals surface area contributed by atoms with Gasteiger partial charge in [-0.3, -0.25) is 9.36 Å². The molecule has 0 fully saturated rings. The Kier molecular flexibility index (Phi) is 6.24. The van der Waals surface area contributed by atoms with Crippen LogP contribution in [0, 0.1) is 0 Å². The Hall–Kier alpha value is -1.54. The summed E-state index contributed by atoms with van der Waals surface area (Å²) < 4.78 is 2.48. The molecule has 0 aliphatic rings. The first-order chi connectivity index (χ1) is 12.4. The summed E-state index contributed by atoms with van der Waals surface area (Å²) in [5, 5.41) is 12.5. The monoisotopic (exact) mass is 470 g/mol. The Morgan fingerprint density at radius 3 is 2.62 bits per heavy atom. The molecule has 0 atom stereocenters. The van der Waals surface area contributed by atoms with Crippen LogP contribution in [0.4, 0.5) is 11.5 Å². The number of halogens is 3. The van der Waals surface area contributed by atoms with Gasteiger partial charge in [0.2, 0.25) is 5.82 Å². The van der Waals surface area contributed by atoms with Gasteiger partial charge in [-0.2, -0.15) is 0 Å². The number of nitrogens with zero attached hydrogens (tertiary/aromatic N) is 3. The first-order valence-corrected chi connectivity index (χ1v) is 10.0. The highest BCUT2D eigenvalue weighted by Crippen LogP contribution is 2.27. The van der Waals surface area contributed by atoms with Gasteiger partial charge in [0.25, 0.3) is 5.56 Å². The van der Waals surface area contributed by atoms with Crippen molar-refractivity contribution in [3.63, 3.8) is 0 Å². The maximum atomic E-state index is 12.5. The van der Waals surface area contributed by atoms with Crippen LogP contribution in [0.15, 0.2) is 56.9 Å². The molecule has 0 spiro atoms. The summed E-state index contributed by atoms with van der Waals surface area (Å²) in [6.07, 6.45) is 0. The molecule has 1 heterocycles. The van der Waals surface area contributed by atoms with Gasteiger partial charge in [-0.15, -0.1) is 10.2 Å². The van der Waals surface area contributed by atoms with Crippen molar-refractivity contribution in [1.29, 1.82) is 0 Å². The average Bonchev–Trinajstić information content (AvgIpc) is 2.63. The molecule has 0 saturated heterocycles. The van der Waals surface area contributed by atoms with E-state index in [0.29, 0.717) is 26.6 Å². The van der Waals surface area contributed by atoms with Gasteiger partial charge in [0, 0.05) is 22.3 Å². The second kappa shape index (κ2) is 8.43. The van der Waals surface area contributed by atoms with Crippen LogP contribution >= 0.6 is 50.9 Å². The summed E-state index contributed by atoms with van der Waals surface area (Å²) >= 11 is 16.9. The SMILES string of the molecule is Cn1c(SCc2ccc(Br)cc2)nnc(Nc2cc(Cl)ccc2Cl)c1=O. The first kappa shape index (κ1) is 19.2. The van der Waals surface area contributed by atoms with Crippen LogP contribution in [0.2, 0.25) is 10.0 Å². The molecule has 0 amide bonds. The molecule has 0 bridgehead atoms. The Bertz CT molecular complexity index is 995. The Balaban J connectivity index is 1.78. The molecule has 3 rings (SSSR count). The highest BCUT2D eigenvalue weighted by atomic mass is 79.9. The zero-order chi connectivity index (χ0) is 18.7. The fourth-order valence-corrected chi connectivity index (χ4v) is 3.57. The van der Waals surface area contributed by atoms with Crippen molar-refractivity contribution >= 4 is 62.4 Å². The van der Waals surface area contributed by atoms with E-state index in [0.717, 1.165) is 10.0 Å². The third-order valence-corrected chi connectivity index (χ3v) is 5.68. The minimum atomic E-state index is -0.297. The molecule has 0 aliphatic carbocycles. The molecule has 0 aliphatic heterocycles. The van der Waals surface area contributed by atoms with Gasteiger partial charge in [-0.1, -0.05) is 63.0 Å². The summed E-state index contributed by atoms with van der Waals surface area (Å²) in [4.78, 5) is 12.5. The molecule has 1 aromatic heterocycles. The zero-order valence-electron chi connectivity index (χ0n) is 13.5. The van der Waals surface area contributed by atoms with Crippen LogP contribution in [0.3, 0.4) is 0 Å². The molecule has 26 heavy (non-hydrogen) atoms. The molecular formula is C17H13BrCl2N4OS. The number of hydrogen-bond acceptors (Lipinski definition) is 5. The normalized spacial score (nSPS) is 10.8. The number of rotatable bonds is 5. The summed E-state index contributed by atoms with van der Waals surface area (Å²) in [6, 6.07) is 12.9. The van der Waals surface area contributed by atoms with Gasteiger partial charge < -0.3 is 5.32 Å². The van der Waals surface area contributed by atoms with Gasteiger partial charge in [-0.25, -0.2) is 0 Å². The number of aromatic nitrogens is 3. The molecule has 0 unspecified atom stereocenters. The molecule has 3 aromatic rings. The molecular weight excluding hydrogens is 459 g/mol. The van der Waals surface area contributed by atoms with E-state index in [1.165, 1.54) is 16.3 Å². The molecule has 2 aromatic carbocycles. The van der Waals surface area contributed by atoms with Crippen molar-refractivity contribution in [3.8, 4) is 0 Å². The van der Waals surface area contributed by atoms with Crippen molar-refractivity contribution in [2.75, 3.05) is 5.32 Å². The number of thioether (sulfide) groups is 1. The van der Waals surface area contributed by atoms with Gasteiger partial charge in [0.05, 0.1) is 10.7 Å². The summed E-state index contributed by atoms with van der Waals surface area (Å²) in [6.45, 7) is 0. The second-order valence-electron chi connectivity index (χ2n) is 5.36.